The van der Waals surface area contributed by atoms with Crippen LogP contribution in [0.15, 0.2) is 36.4 Å². The summed E-state index contributed by atoms with van der Waals surface area (Å²) in [6.45, 7) is 2.09. The van der Waals surface area contributed by atoms with E-state index in [0.29, 0.717) is 6.42 Å². The molecule has 4 heteroatoms. The van der Waals surface area contributed by atoms with Crippen LogP contribution in [0.25, 0.3) is 6.08 Å². The molecule has 0 heterocycles. The molecule has 0 aliphatic rings. The van der Waals surface area contributed by atoms with Gasteiger partial charge in [0.1, 0.15) is 0 Å². The lowest BCUT2D eigenvalue weighted by molar-refractivity contribution is -0.153. The standard InChI is InChI=1S/C15H22N2O2/c1-2-3-7-12-15(16,17)19-14(18)11-10-13-8-5-4-6-9-13/h4-6,8-11H,2-3,7,12,16-17H2,1H3. The Labute approximate surface area is 114 Å². The van der Waals surface area contributed by atoms with Gasteiger partial charge in [-0.05, 0) is 18.1 Å². The summed E-state index contributed by atoms with van der Waals surface area (Å²) >= 11 is 0. The van der Waals surface area contributed by atoms with E-state index >= 15 is 0 Å². The topological polar surface area (TPSA) is 78.3 Å². The summed E-state index contributed by atoms with van der Waals surface area (Å²) in [4.78, 5) is 11.6. The Morgan fingerprint density at radius 3 is 2.58 bits per heavy atom. The second kappa shape index (κ2) is 7.71. The minimum Gasteiger partial charge on any atom is -0.428 e. The monoisotopic (exact) mass is 262 g/mol. The quantitative estimate of drug-likeness (QED) is 0.342. The van der Waals surface area contributed by atoms with E-state index in [2.05, 4.69) is 6.92 Å². The number of unbranched alkanes of at least 4 members (excludes halogenated alkanes) is 2. The third kappa shape index (κ3) is 6.74. The van der Waals surface area contributed by atoms with Crippen LogP contribution in [0.1, 0.15) is 38.2 Å². The van der Waals surface area contributed by atoms with Crippen molar-refractivity contribution in [3.8, 4) is 0 Å². The molecule has 0 aliphatic heterocycles. The van der Waals surface area contributed by atoms with E-state index in [1.807, 2.05) is 30.3 Å². The Bertz CT molecular complexity index is 413. The van der Waals surface area contributed by atoms with E-state index in [0.717, 1.165) is 24.8 Å². The van der Waals surface area contributed by atoms with Crippen LogP contribution >= 0.6 is 0 Å². The van der Waals surface area contributed by atoms with Crippen molar-refractivity contribution in [3.05, 3.63) is 42.0 Å². The zero-order valence-electron chi connectivity index (χ0n) is 11.3. The molecule has 104 valence electrons. The number of esters is 1. The highest BCUT2D eigenvalue weighted by molar-refractivity contribution is 5.87. The third-order valence-corrected chi connectivity index (χ3v) is 2.67. The lowest BCUT2D eigenvalue weighted by Crippen LogP contribution is -2.52. The molecule has 0 radical (unpaired) electrons. The third-order valence-electron chi connectivity index (χ3n) is 2.67. The fourth-order valence-corrected chi connectivity index (χ4v) is 1.65. The zero-order valence-corrected chi connectivity index (χ0v) is 11.3. The lowest BCUT2D eigenvalue weighted by Gasteiger charge is -2.23. The SMILES string of the molecule is CCCCCC(N)(N)OC(=O)C=Cc1ccccc1. The molecule has 0 bridgehead atoms. The molecule has 0 fully saturated rings. The molecule has 0 spiro atoms. The minimum atomic E-state index is -1.38. The lowest BCUT2D eigenvalue weighted by atomic mass is 10.1. The molecule has 4 N–H and O–H groups in total. The van der Waals surface area contributed by atoms with Gasteiger partial charge in [0.15, 0.2) is 0 Å². The van der Waals surface area contributed by atoms with Gasteiger partial charge in [0, 0.05) is 12.5 Å². The first kappa shape index (κ1) is 15.4. The van der Waals surface area contributed by atoms with Crippen molar-refractivity contribution in [2.24, 2.45) is 11.5 Å². The number of carbonyl (C=O) groups is 1. The molecule has 0 aliphatic carbocycles. The second-order valence-corrected chi connectivity index (χ2v) is 4.58. The van der Waals surface area contributed by atoms with Gasteiger partial charge in [-0.3, -0.25) is 11.5 Å². The maximum atomic E-state index is 11.6. The summed E-state index contributed by atoms with van der Waals surface area (Å²) in [5.74, 6) is -1.90. The van der Waals surface area contributed by atoms with Gasteiger partial charge in [-0.1, -0.05) is 50.1 Å². The second-order valence-electron chi connectivity index (χ2n) is 4.58. The first-order valence-electron chi connectivity index (χ1n) is 6.57. The van der Waals surface area contributed by atoms with E-state index in [9.17, 15) is 4.79 Å². The van der Waals surface area contributed by atoms with Gasteiger partial charge < -0.3 is 4.74 Å². The van der Waals surface area contributed by atoms with Gasteiger partial charge in [0.05, 0.1) is 0 Å². The molecular weight excluding hydrogens is 240 g/mol. The molecular formula is C15H22N2O2. The number of carbonyl (C=O) groups excluding carboxylic acids is 1. The van der Waals surface area contributed by atoms with Crippen LogP contribution in [0.4, 0.5) is 0 Å². The first-order chi connectivity index (χ1) is 9.03. The number of hydrogen-bond donors (Lipinski definition) is 2. The van der Waals surface area contributed by atoms with Crippen molar-refractivity contribution in [1.29, 1.82) is 0 Å². The first-order valence-corrected chi connectivity index (χ1v) is 6.57. The molecule has 0 atom stereocenters. The van der Waals surface area contributed by atoms with Gasteiger partial charge in [-0.2, -0.15) is 0 Å². The molecule has 1 rings (SSSR count). The van der Waals surface area contributed by atoms with Crippen LogP contribution in [0.2, 0.25) is 0 Å². The van der Waals surface area contributed by atoms with Crippen molar-refractivity contribution < 1.29 is 9.53 Å². The van der Waals surface area contributed by atoms with Crippen LogP contribution in [-0.2, 0) is 9.53 Å². The number of hydrogen-bond acceptors (Lipinski definition) is 4. The van der Waals surface area contributed by atoms with Crippen molar-refractivity contribution in [2.45, 2.75) is 38.5 Å². The van der Waals surface area contributed by atoms with E-state index in [-0.39, 0.29) is 0 Å². The van der Waals surface area contributed by atoms with Gasteiger partial charge in [0.25, 0.3) is 0 Å². The summed E-state index contributed by atoms with van der Waals surface area (Å²) < 4.78 is 5.04. The molecule has 1 aromatic rings. The van der Waals surface area contributed by atoms with E-state index in [1.54, 1.807) is 6.08 Å². The van der Waals surface area contributed by atoms with Gasteiger partial charge >= 0.3 is 5.97 Å². The normalized spacial score (nSPS) is 11.7. The van der Waals surface area contributed by atoms with Crippen LogP contribution in [0.5, 0.6) is 0 Å². The molecule has 0 aromatic heterocycles. The van der Waals surface area contributed by atoms with Gasteiger partial charge in [0.2, 0.25) is 5.85 Å². The highest BCUT2D eigenvalue weighted by Gasteiger charge is 2.22. The van der Waals surface area contributed by atoms with Crippen molar-refractivity contribution in [3.63, 3.8) is 0 Å². The van der Waals surface area contributed by atoms with E-state index in [4.69, 9.17) is 16.2 Å². The summed E-state index contributed by atoms with van der Waals surface area (Å²) in [7, 11) is 0. The highest BCUT2D eigenvalue weighted by atomic mass is 16.6. The number of nitrogens with two attached hydrogens (primary N) is 2. The fraction of sp³-hybridized carbons (Fsp3) is 0.400. The fourth-order valence-electron chi connectivity index (χ4n) is 1.65. The maximum Gasteiger partial charge on any atom is 0.333 e. The smallest absolute Gasteiger partial charge is 0.333 e. The van der Waals surface area contributed by atoms with E-state index in [1.165, 1.54) is 6.08 Å². The van der Waals surface area contributed by atoms with Crippen molar-refractivity contribution in [2.75, 3.05) is 0 Å². The van der Waals surface area contributed by atoms with Crippen LogP contribution < -0.4 is 11.5 Å². The van der Waals surface area contributed by atoms with Crippen LogP contribution in [-0.4, -0.2) is 11.8 Å². The van der Waals surface area contributed by atoms with Crippen LogP contribution in [0, 0.1) is 0 Å². The van der Waals surface area contributed by atoms with Gasteiger partial charge in [-0.25, -0.2) is 4.79 Å². The Kier molecular flexibility index (Phi) is 6.25. The van der Waals surface area contributed by atoms with Crippen molar-refractivity contribution in [1.82, 2.24) is 0 Å². The zero-order chi connectivity index (χ0) is 14.1. The molecule has 19 heavy (non-hydrogen) atoms. The highest BCUT2D eigenvalue weighted by Crippen LogP contribution is 2.10. The Morgan fingerprint density at radius 1 is 1.26 bits per heavy atom. The average Bonchev–Trinajstić information content (AvgIpc) is 2.37. The van der Waals surface area contributed by atoms with E-state index < -0.39 is 11.8 Å². The average molecular weight is 262 g/mol. The molecule has 4 nitrogen and oxygen atoms in total. The molecule has 0 unspecified atom stereocenters. The molecule has 0 saturated carbocycles. The predicted octanol–water partition coefficient (Wildman–Crippen LogP) is 2.39. The number of rotatable bonds is 7. The molecule has 0 saturated heterocycles. The Morgan fingerprint density at radius 2 is 1.95 bits per heavy atom. The van der Waals surface area contributed by atoms with Gasteiger partial charge in [-0.15, -0.1) is 0 Å². The summed E-state index contributed by atoms with van der Waals surface area (Å²) in [5, 5.41) is 0. The number of ether oxygens (including phenoxy) is 1. The Balaban J connectivity index is 2.44. The maximum absolute atomic E-state index is 11.6. The van der Waals surface area contributed by atoms with Crippen molar-refractivity contribution >= 4 is 12.0 Å². The number of benzene rings is 1. The van der Waals surface area contributed by atoms with Crippen LogP contribution in [0.3, 0.4) is 0 Å². The predicted molar refractivity (Wildman–Crippen MR) is 76.8 cm³/mol. The summed E-state index contributed by atoms with van der Waals surface area (Å²) in [6, 6.07) is 9.48. The molecule has 1 aromatic carbocycles. The minimum absolute atomic E-state index is 0.464. The molecule has 0 amide bonds. The summed E-state index contributed by atoms with van der Waals surface area (Å²) in [6.07, 6.45) is 6.41. The largest absolute Gasteiger partial charge is 0.428 e. The Hall–Kier alpha value is -1.65. The summed E-state index contributed by atoms with van der Waals surface area (Å²) in [5.41, 5.74) is 12.4.